The Balaban J connectivity index is 0.000000154. The minimum Gasteiger partial charge on any atom is -0.324 e. The van der Waals surface area contributed by atoms with Crippen LogP contribution in [0.5, 0.6) is 0 Å². The minimum absolute atomic E-state index is 0.521. The normalized spacial score (nSPS) is 32.0. The highest BCUT2D eigenvalue weighted by Crippen LogP contribution is 2.54. The van der Waals surface area contributed by atoms with Crippen molar-refractivity contribution in [2.45, 2.75) is 509 Å². The molecule has 12 fully saturated rings. The molecule has 2 saturated carbocycles. The summed E-state index contributed by atoms with van der Waals surface area (Å²) in [6.45, 7) is 97.2. The lowest BCUT2D eigenvalue weighted by atomic mass is 9.70. The van der Waals surface area contributed by atoms with E-state index in [0.29, 0.717) is 36.0 Å². The van der Waals surface area contributed by atoms with E-state index in [0.717, 1.165) is 156 Å². The Kier molecular flexibility index (Phi) is 37.9. The van der Waals surface area contributed by atoms with Crippen molar-refractivity contribution in [3.63, 3.8) is 0 Å². The van der Waals surface area contributed by atoms with Crippen molar-refractivity contribution in [1.29, 1.82) is 0 Å². The summed E-state index contributed by atoms with van der Waals surface area (Å²) in [6, 6.07) is 25.0. The van der Waals surface area contributed by atoms with Gasteiger partial charge in [-0.05, 0) is 304 Å². The maximum Gasteiger partial charge on any atom is 0.280 e. The largest absolute Gasteiger partial charge is 0.324 e. The van der Waals surface area contributed by atoms with Crippen LogP contribution in [0.1, 0.15) is 397 Å². The lowest BCUT2D eigenvalue weighted by molar-refractivity contribution is -0.988. The lowest BCUT2D eigenvalue weighted by Crippen LogP contribution is -2.77. The summed E-state index contributed by atoms with van der Waals surface area (Å²) in [5, 5.41) is 2.44. The van der Waals surface area contributed by atoms with Gasteiger partial charge in [-0.25, -0.2) is 23.1 Å². The summed E-state index contributed by atoms with van der Waals surface area (Å²) in [5.41, 5.74) is 7.44. The van der Waals surface area contributed by atoms with E-state index in [1.54, 1.807) is 16.8 Å². The summed E-state index contributed by atoms with van der Waals surface area (Å²) in [5.74, 6) is 9.71. The van der Waals surface area contributed by atoms with Gasteiger partial charge in [0, 0.05) is 130 Å². The highest BCUT2D eigenvalue weighted by Gasteiger charge is 2.65. The maximum absolute atomic E-state index is 2.88. The van der Waals surface area contributed by atoms with Crippen molar-refractivity contribution in [1.82, 2.24) is 23.8 Å². The number of rotatable bonds is 18. The monoisotopic (exact) mass is 1840 g/mol. The van der Waals surface area contributed by atoms with Crippen molar-refractivity contribution < 1.29 is 40.6 Å². The Labute approximate surface area is 817 Å². The highest BCUT2D eigenvalue weighted by molar-refractivity contribution is 5.44. The highest BCUT2D eigenvalue weighted by atomic mass is 15.6. The molecule has 4 aromatic rings. The molecule has 0 N–H and O–H groups in total. The molecular formula is C117H220N15+9. The molecule has 0 radical (unpaired) electrons. The van der Waals surface area contributed by atoms with Crippen LogP contribution in [0.25, 0.3) is 5.52 Å². The van der Waals surface area contributed by atoms with Crippen molar-refractivity contribution in [3.05, 3.63) is 95.9 Å². The molecule has 10 unspecified atom stereocenters. The third kappa shape index (κ3) is 23.7. The zero-order valence-corrected chi connectivity index (χ0v) is 94.6. The number of piperidine rings is 5. The molecule has 754 valence electrons. The number of hydrogen-bond donors (Lipinski definition) is 0. The number of pyridine rings is 2. The van der Waals surface area contributed by atoms with Gasteiger partial charge in [0.1, 0.15) is 24.5 Å². The summed E-state index contributed by atoms with van der Waals surface area (Å²) >= 11 is 0. The van der Waals surface area contributed by atoms with Gasteiger partial charge in [-0.1, -0.05) is 61.5 Å². The van der Waals surface area contributed by atoms with Gasteiger partial charge in [0.15, 0.2) is 29.6 Å². The van der Waals surface area contributed by atoms with Gasteiger partial charge in [0.05, 0.1) is 191 Å². The van der Waals surface area contributed by atoms with Crippen LogP contribution in [-0.4, -0.2) is 272 Å². The Bertz CT molecular complexity index is 4080. The summed E-state index contributed by atoms with van der Waals surface area (Å²) in [7, 11) is 12.4. The fourth-order valence-corrected chi connectivity index (χ4v) is 29.4. The summed E-state index contributed by atoms with van der Waals surface area (Å²) < 4.78 is 19.6. The molecule has 4 aromatic heterocycles. The standard InChI is InChI=1S/2C15H29N2.C14H28N.C14H22N.C13H19N2.C13H26N.C12H22N3.C11H25N2.C10H20N/c1-10(2)16-12-6-14-8-13(16)9-15(7-12)17(14,5)11(3)4;1-10(2)16-12-6-7-13(16)15-9-8-14(12)17(15,5)11(3)4;1-10(2)12-6-13-8-15(5,11(3)4)9-14(13)7-12;1-10(2)12-8-9-15(11(3)4)14-7-5-6-13(12)14;1-10(2)12-5-6-13-8-14(11(3)4)9-15(13)7-12;1-9(2)13-7-12-6-11(13)8-14(12,5)10(3)4;1-10(2)13-8-9-15-12(13)6-5-7-14(15)11(3)4;1-10(2)12-6-8-13(5,9-7-12)11(3)4;1-9(2)11(10(3)4)7-5-6-8-11/h2*10-15H,6-9H2,1-5H3;10-14H,6-9H2,1-5H3;8-11H,5-7H2,1-4H3;5-11H,1-4H3;9-13H,6-8H2,1-5H3;8-11H,5-7H2,1-4H3;10-11H,6-9H2,1-5H3;5-6,9-10H,7-8H2,1-4H3/q9*+1. The molecule has 10 atom stereocenters. The lowest BCUT2D eigenvalue weighted by Gasteiger charge is -2.66. The molecule has 10 bridgehead atoms. The van der Waals surface area contributed by atoms with Crippen LogP contribution in [-0.2, 0) is 19.3 Å². The Morgan fingerprint density at radius 3 is 1.36 bits per heavy atom. The second kappa shape index (κ2) is 45.4. The van der Waals surface area contributed by atoms with Crippen LogP contribution in [0.4, 0.5) is 0 Å². The predicted molar refractivity (Wildman–Crippen MR) is 564 cm³/mol. The smallest absolute Gasteiger partial charge is 0.280 e. The van der Waals surface area contributed by atoms with Crippen molar-refractivity contribution in [3.8, 4) is 0 Å². The Morgan fingerprint density at radius 1 is 0.417 bits per heavy atom. The first-order valence-electron chi connectivity index (χ1n) is 56.1. The average Bonchev–Trinajstić information content (AvgIpc) is 1.63. The molecule has 0 amide bonds. The first-order valence-corrected chi connectivity index (χ1v) is 56.1. The molecule has 132 heavy (non-hydrogen) atoms. The number of piperazine rings is 2. The molecular weight excluding hydrogens is 1620 g/mol. The molecule has 15 nitrogen and oxygen atoms in total. The van der Waals surface area contributed by atoms with Gasteiger partial charge in [-0.3, -0.25) is 14.7 Å². The van der Waals surface area contributed by atoms with Gasteiger partial charge in [-0.2, -0.15) is 0 Å². The zero-order chi connectivity index (χ0) is 98.0. The second-order valence-corrected chi connectivity index (χ2v) is 52.2. The molecule has 15 aliphatic rings. The van der Waals surface area contributed by atoms with Crippen molar-refractivity contribution >= 4 is 5.52 Å². The fourth-order valence-electron chi connectivity index (χ4n) is 29.4. The number of hydrogen-bond acceptors (Lipinski definition) is 4. The van der Waals surface area contributed by atoms with Crippen LogP contribution in [0.3, 0.4) is 0 Å². The van der Waals surface area contributed by atoms with Crippen LogP contribution >= 0.6 is 0 Å². The van der Waals surface area contributed by atoms with Gasteiger partial charge >= 0.3 is 0 Å². The topological polar surface area (TPSA) is 33.9 Å². The number of nitrogens with zero attached hydrogens (tertiary/aromatic N) is 15. The fraction of sp³-hybridized carbons (Fsp3) is 0.855. The van der Waals surface area contributed by atoms with Crippen LogP contribution in [0.15, 0.2) is 67.7 Å². The Morgan fingerprint density at radius 2 is 0.947 bits per heavy atom. The maximum atomic E-state index is 2.88. The minimum atomic E-state index is 0.521. The van der Waals surface area contributed by atoms with Gasteiger partial charge in [0.2, 0.25) is 6.33 Å². The van der Waals surface area contributed by atoms with Crippen molar-refractivity contribution in [2.24, 2.45) is 41.4 Å². The predicted octanol–water partition coefficient (Wildman–Crippen LogP) is 22.8. The van der Waals surface area contributed by atoms with Crippen LogP contribution in [0.2, 0.25) is 0 Å². The van der Waals surface area contributed by atoms with E-state index >= 15 is 0 Å². The van der Waals surface area contributed by atoms with E-state index in [1.165, 1.54) is 218 Å². The number of quaternary nitrogens is 6. The van der Waals surface area contributed by atoms with Gasteiger partial charge in [-0.15, -0.1) is 4.68 Å². The Hall–Kier alpha value is -3.77. The molecule has 12 aliphatic heterocycles. The van der Waals surface area contributed by atoms with E-state index in [-0.39, 0.29) is 0 Å². The van der Waals surface area contributed by atoms with E-state index in [1.807, 2.05) is 0 Å². The average molecular weight is 1840 g/mol. The molecule has 10 saturated heterocycles. The number of aromatic nitrogens is 5. The summed E-state index contributed by atoms with van der Waals surface area (Å²) in [6.07, 6.45) is 42.0. The molecule has 3 aliphatic carbocycles. The van der Waals surface area contributed by atoms with Crippen LogP contribution in [0, 0.1) is 41.4 Å². The number of fused-ring (bicyclic) bond motifs is 12. The van der Waals surface area contributed by atoms with E-state index in [4.69, 9.17) is 0 Å². The SMILES string of the molecule is CC(C)C1CC2CC1C[N+]2(C)C(C)C.CC(C)C1CC2C[N+](C)(C(C)C)CC2C1.CC(C)N1C2CC3CC1CC(C2)[N+]3(C)C(C)C.CC(C)N1C2CCC1C1CCC2[N+]1(C)C(C)C.CC(C)N1CCCc2n1cc[n+]2C(C)C.CC(C)N1CC[N+](C)(C(C)C)CC1.CC(C)[N+]1(C(C)C)CC=CC1.CC(C)c1cc[n+](C(C)C)c2c1CCC2.CC(C)c1ccc2c[n+](C(C)C)cn2c1. The number of imidazole rings is 2. The van der Waals surface area contributed by atoms with Crippen molar-refractivity contribution in [2.75, 3.05) is 106 Å². The zero-order valence-electron chi connectivity index (χ0n) is 94.6. The van der Waals surface area contributed by atoms with E-state index < -0.39 is 0 Å². The first kappa shape index (κ1) is 110. The van der Waals surface area contributed by atoms with E-state index in [9.17, 15) is 0 Å². The number of likely N-dealkylation sites (tertiary alicyclic amines) is 2. The third-order valence-electron chi connectivity index (χ3n) is 39.5. The van der Waals surface area contributed by atoms with Gasteiger partial charge in [0.25, 0.3) is 5.82 Å². The van der Waals surface area contributed by atoms with Gasteiger partial charge < -0.3 is 26.9 Å². The molecule has 19 rings (SSSR count). The summed E-state index contributed by atoms with van der Waals surface area (Å²) in [4.78, 5) is 8.31. The number of likely N-dealkylation sites (N-methyl/N-ethyl adjacent to an activating group) is 2. The molecule has 15 heteroatoms. The van der Waals surface area contributed by atoms with Crippen LogP contribution < -0.4 is 18.7 Å². The first-order chi connectivity index (χ1) is 61.6. The molecule has 0 spiro atoms. The van der Waals surface area contributed by atoms with E-state index in [2.05, 4.69) is 395 Å². The molecule has 0 aromatic carbocycles. The molecule has 16 heterocycles. The third-order valence-corrected chi connectivity index (χ3v) is 39.5. The second-order valence-electron chi connectivity index (χ2n) is 52.2. The quantitative estimate of drug-likeness (QED) is 0.0565.